The van der Waals surface area contributed by atoms with Crippen molar-refractivity contribution >= 4 is 11.9 Å². The van der Waals surface area contributed by atoms with Gasteiger partial charge in [-0.25, -0.2) is 19.9 Å². The molecule has 0 spiro atoms. The molecule has 7 heteroatoms. The second kappa shape index (κ2) is 7.33. The minimum absolute atomic E-state index is 0.0693. The van der Waals surface area contributed by atoms with Gasteiger partial charge in [-0.3, -0.25) is 4.79 Å². The highest BCUT2D eigenvalue weighted by atomic mass is 16.1. The molecule has 0 aliphatic carbocycles. The van der Waals surface area contributed by atoms with Gasteiger partial charge in [0.1, 0.15) is 5.82 Å². The Morgan fingerprint density at radius 3 is 2.58 bits per heavy atom. The summed E-state index contributed by atoms with van der Waals surface area (Å²) in [7, 11) is 0. The van der Waals surface area contributed by atoms with Crippen LogP contribution in [0.15, 0.2) is 30.9 Å². The summed E-state index contributed by atoms with van der Waals surface area (Å²) in [6, 6.07) is 1.87. The van der Waals surface area contributed by atoms with E-state index in [1.54, 1.807) is 30.9 Å². The van der Waals surface area contributed by atoms with Crippen LogP contribution in [0.5, 0.6) is 0 Å². The molecule has 1 aliphatic rings. The number of rotatable bonds is 4. The highest BCUT2D eigenvalue weighted by molar-refractivity contribution is 5.93. The van der Waals surface area contributed by atoms with Crippen molar-refractivity contribution in [3.63, 3.8) is 0 Å². The van der Waals surface area contributed by atoms with Crippen molar-refractivity contribution in [2.24, 2.45) is 0 Å². The molecule has 1 N–H and O–H groups in total. The molecule has 1 saturated heterocycles. The van der Waals surface area contributed by atoms with E-state index in [4.69, 9.17) is 0 Å². The molecule has 24 heavy (non-hydrogen) atoms. The van der Waals surface area contributed by atoms with E-state index in [1.165, 1.54) is 0 Å². The van der Waals surface area contributed by atoms with Crippen molar-refractivity contribution in [1.29, 1.82) is 0 Å². The lowest BCUT2D eigenvalue weighted by Crippen LogP contribution is -2.48. The van der Waals surface area contributed by atoms with Crippen LogP contribution < -0.4 is 10.2 Å². The minimum atomic E-state index is -0.133. The molecule has 0 bridgehead atoms. The van der Waals surface area contributed by atoms with Gasteiger partial charge in [-0.2, -0.15) is 0 Å². The van der Waals surface area contributed by atoms with Crippen LogP contribution in [-0.4, -0.2) is 45.0 Å². The number of nitrogens with one attached hydrogen (secondary N) is 1. The molecule has 0 saturated carbocycles. The molecule has 1 fully saturated rings. The smallest absolute Gasteiger partial charge is 0.254 e. The fourth-order valence-corrected chi connectivity index (χ4v) is 2.75. The lowest BCUT2D eigenvalue weighted by Gasteiger charge is -2.33. The van der Waals surface area contributed by atoms with E-state index in [-0.39, 0.29) is 17.9 Å². The standard InChI is InChI=1S/C17H22N6O/c1-12(2)15-20-9-13(10-21-15)16(24)22-14-5-3-8-23(11-14)17-18-6-4-7-19-17/h4,6-7,9-10,12,14H,3,5,8,11H2,1-2H3,(H,22,24)/t14-/m1/s1. The Hall–Kier alpha value is -2.57. The van der Waals surface area contributed by atoms with Gasteiger partial charge in [-0.05, 0) is 18.9 Å². The SMILES string of the molecule is CC(C)c1ncc(C(=O)N[C@@H]2CCCN(c3ncccn3)C2)cn1. The predicted octanol–water partition coefficient (Wildman–Crippen LogP) is 1.79. The van der Waals surface area contributed by atoms with Crippen LogP contribution in [0.25, 0.3) is 0 Å². The van der Waals surface area contributed by atoms with Gasteiger partial charge in [0, 0.05) is 49.8 Å². The average Bonchev–Trinajstić information content (AvgIpc) is 2.63. The zero-order valence-corrected chi connectivity index (χ0v) is 14.0. The topological polar surface area (TPSA) is 83.9 Å². The Labute approximate surface area is 141 Å². The minimum Gasteiger partial charge on any atom is -0.347 e. The van der Waals surface area contributed by atoms with Gasteiger partial charge < -0.3 is 10.2 Å². The number of hydrogen-bond donors (Lipinski definition) is 1. The third-order valence-electron chi connectivity index (χ3n) is 4.04. The Balaban J connectivity index is 1.61. The summed E-state index contributed by atoms with van der Waals surface area (Å²) in [5, 5.41) is 3.07. The van der Waals surface area contributed by atoms with Crippen LogP contribution in [0.1, 0.15) is 48.8 Å². The summed E-state index contributed by atoms with van der Waals surface area (Å²) in [5.74, 6) is 1.57. The molecule has 126 valence electrons. The van der Waals surface area contributed by atoms with Crippen molar-refractivity contribution in [3.05, 3.63) is 42.2 Å². The molecule has 1 aliphatic heterocycles. The molecule has 0 unspecified atom stereocenters. The highest BCUT2D eigenvalue weighted by Gasteiger charge is 2.23. The Morgan fingerprint density at radius 1 is 1.21 bits per heavy atom. The van der Waals surface area contributed by atoms with Crippen molar-refractivity contribution in [1.82, 2.24) is 25.3 Å². The predicted molar refractivity (Wildman–Crippen MR) is 90.9 cm³/mol. The van der Waals surface area contributed by atoms with Crippen LogP contribution in [-0.2, 0) is 0 Å². The molecular formula is C17H22N6O. The number of carbonyl (C=O) groups is 1. The molecule has 1 atom stereocenters. The Kier molecular flexibility index (Phi) is 4.98. The second-order valence-electron chi connectivity index (χ2n) is 6.29. The number of carbonyl (C=O) groups excluding carboxylic acids is 1. The molecule has 3 heterocycles. The van der Waals surface area contributed by atoms with Gasteiger partial charge in [-0.15, -0.1) is 0 Å². The number of anilines is 1. The van der Waals surface area contributed by atoms with Gasteiger partial charge in [0.2, 0.25) is 5.95 Å². The molecule has 1 amide bonds. The van der Waals surface area contributed by atoms with Gasteiger partial charge >= 0.3 is 0 Å². The number of nitrogens with zero attached hydrogens (tertiary/aromatic N) is 5. The van der Waals surface area contributed by atoms with E-state index >= 15 is 0 Å². The van der Waals surface area contributed by atoms with Crippen molar-refractivity contribution in [3.8, 4) is 0 Å². The first-order valence-corrected chi connectivity index (χ1v) is 8.28. The highest BCUT2D eigenvalue weighted by Crippen LogP contribution is 2.16. The second-order valence-corrected chi connectivity index (χ2v) is 6.29. The van der Waals surface area contributed by atoms with Gasteiger partial charge in [-0.1, -0.05) is 13.8 Å². The normalized spacial score (nSPS) is 17.8. The third kappa shape index (κ3) is 3.84. The zero-order valence-electron chi connectivity index (χ0n) is 14.0. The van der Waals surface area contributed by atoms with Gasteiger partial charge in [0.15, 0.2) is 0 Å². The van der Waals surface area contributed by atoms with E-state index in [9.17, 15) is 4.79 Å². The average molecular weight is 326 g/mol. The van der Waals surface area contributed by atoms with E-state index < -0.39 is 0 Å². The third-order valence-corrected chi connectivity index (χ3v) is 4.04. The van der Waals surface area contributed by atoms with E-state index in [2.05, 4.69) is 30.2 Å². The fraction of sp³-hybridized carbons (Fsp3) is 0.471. The first-order valence-electron chi connectivity index (χ1n) is 8.28. The number of amides is 1. The summed E-state index contributed by atoms with van der Waals surface area (Å²) < 4.78 is 0. The summed E-state index contributed by atoms with van der Waals surface area (Å²) in [5.41, 5.74) is 0.493. The van der Waals surface area contributed by atoms with Crippen LogP contribution >= 0.6 is 0 Å². The maximum atomic E-state index is 12.4. The van der Waals surface area contributed by atoms with E-state index in [1.807, 2.05) is 13.8 Å². The zero-order chi connectivity index (χ0) is 16.9. The summed E-state index contributed by atoms with van der Waals surface area (Å²) >= 11 is 0. The van der Waals surface area contributed by atoms with E-state index in [0.29, 0.717) is 18.1 Å². The summed E-state index contributed by atoms with van der Waals surface area (Å²) in [6.07, 6.45) is 8.60. The van der Waals surface area contributed by atoms with Crippen molar-refractivity contribution in [2.45, 2.75) is 38.6 Å². The fourth-order valence-electron chi connectivity index (χ4n) is 2.75. The van der Waals surface area contributed by atoms with Crippen LogP contribution in [0.3, 0.4) is 0 Å². The molecule has 0 aromatic carbocycles. The van der Waals surface area contributed by atoms with E-state index in [0.717, 1.165) is 25.2 Å². The van der Waals surface area contributed by atoms with Crippen molar-refractivity contribution < 1.29 is 4.79 Å². The number of aromatic nitrogens is 4. The summed E-state index contributed by atoms with van der Waals surface area (Å²) in [6.45, 7) is 5.66. The molecule has 2 aromatic rings. The lowest BCUT2D eigenvalue weighted by molar-refractivity contribution is 0.0932. The molecule has 0 radical (unpaired) electrons. The van der Waals surface area contributed by atoms with Crippen LogP contribution in [0.4, 0.5) is 5.95 Å². The monoisotopic (exact) mass is 326 g/mol. The quantitative estimate of drug-likeness (QED) is 0.922. The molecule has 3 rings (SSSR count). The van der Waals surface area contributed by atoms with Gasteiger partial charge in [0.25, 0.3) is 5.91 Å². The molecular weight excluding hydrogens is 304 g/mol. The molecule has 2 aromatic heterocycles. The van der Waals surface area contributed by atoms with Crippen LogP contribution in [0, 0.1) is 0 Å². The lowest BCUT2D eigenvalue weighted by atomic mass is 10.1. The Morgan fingerprint density at radius 2 is 1.92 bits per heavy atom. The first-order chi connectivity index (χ1) is 11.6. The maximum Gasteiger partial charge on any atom is 0.254 e. The largest absolute Gasteiger partial charge is 0.347 e. The molecule has 7 nitrogen and oxygen atoms in total. The summed E-state index contributed by atoms with van der Waals surface area (Å²) in [4.78, 5) is 31.6. The first kappa shape index (κ1) is 16.3. The Bertz CT molecular complexity index is 673. The maximum absolute atomic E-state index is 12.4. The number of hydrogen-bond acceptors (Lipinski definition) is 6. The van der Waals surface area contributed by atoms with Crippen LogP contribution in [0.2, 0.25) is 0 Å². The number of piperidine rings is 1. The van der Waals surface area contributed by atoms with Gasteiger partial charge in [0.05, 0.1) is 5.56 Å². The van der Waals surface area contributed by atoms with Crippen molar-refractivity contribution in [2.75, 3.05) is 18.0 Å².